The molecule has 3 atom stereocenters. The lowest BCUT2D eigenvalue weighted by molar-refractivity contribution is 0.0816. The third-order valence-electron chi connectivity index (χ3n) is 3.47. The van der Waals surface area contributed by atoms with E-state index in [4.69, 9.17) is 10.5 Å². The predicted octanol–water partition coefficient (Wildman–Crippen LogP) is 1.37. The lowest BCUT2D eigenvalue weighted by atomic mass is 9.95. The Kier molecular flexibility index (Phi) is 5.58. The highest BCUT2D eigenvalue weighted by Gasteiger charge is 2.22. The van der Waals surface area contributed by atoms with Gasteiger partial charge in [0.25, 0.3) is 0 Å². The molecule has 1 rings (SSSR count). The Bertz CT molecular complexity index is 167. The molecule has 0 saturated carbocycles. The lowest BCUT2D eigenvalue weighted by Crippen LogP contribution is -2.42. The number of hydrogen-bond donors (Lipinski definition) is 2. The highest BCUT2D eigenvalue weighted by molar-refractivity contribution is 4.78. The first kappa shape index (κ1) is 12.9. The number of nitrogens with two attached hydrogens (primary N) is 1. The van der Waals surface area contributed by atoms with Gasteiger partial charge in [-0.15, -0.1) is 0 Å². The lowest BCUT2D eigenvalue weighted by Gasteiger charge is -2.25. The summed E-state index contributed by atoms with van der Waals surface area (Å²) in [5.41, 5.74) is 5.74. The maximum absolute atomic E-state index is 5.74. The van der Waals surface area contributed by atoms with Crippen LogP contribution in [0.15, 0.2) is 0 Å². The molecule has 90 valence electrons. The normalized spacial score (nSPS) is 25.8. The molecule has 3 nitrogen and oxygen atoms in total. The second-order valence-electron chi connectivity index (χ2n) is 4.99. The zero-order valence-corrected chi connectivity index (χ0v) is 10.3. The van der Waals surface area contributed by atoms with Gasteiger partial charge in [-0.1, -0.05) is 13.8 Å². The molecule has 0 aliphatic carbocycles. The zero-order chi connectivity index (χ0) is 11.3. The maximum Gasteiger partial charge on any atom is 0.0726 e. The fourth-order valence-corrected chi connectivity index (χ4v) is 2.06. The molecule has 0 aromatic carbocycles. The van der Waals surface area contributed by atoms with Crippen LogP contribution < -0.4 is 11.1 Å². The van der Waals surface area contributed by atoms with E-state index in [1.165, 1.54) is 12.8 Å². The summed E-state index contributed by atoms with van der Waals surface area (Å²) in [4.78, 5) is 0. The third kappa shape index (κ3) is 4.09. The van der Waals surface area contributed by atoms with Gasteiger partial charge in [0.1, 0.15) is 0 Å². The van der Waals surface area contributed by atoms with Crippen molar-refractivity contribution in [3.05, 3.63) is 0 Å². The van der Waals surface area contributed by atoms with Gasteiger partial charge in [0, 0.05) is 12.6 Å². The quantitative estimate of drug-likeness (QED) is 0.702. The van der Waals surface area contributed by atoms with Crippen LogP contribution >= 0.6 is 0 Å². The van der Waals surface area contributed by atoms with E-state index in [0.717, 1.165) is 19.7 Å². The van der Waals surface area contributed by atoms with Crippen molar-refractivity contribution in [3.63, 3.8) is 0 Å². The first-order chi connectivity index (χ1) is 7.15. The Morgan fingerprint density at radius 2 is 2.13 bits per heavy atom. The fourth-order valence-electron chi connectivity index (χ4n) is 2.06. The molecule has 3 heteroatoms. The Morgan fingerprint density at radius 3 is 2.60 bits per heavy atom. The van der Waals surface area contributed by atoms with E-state index in [2.05, 4.69) is 26.1 Å². The highest BCUT2D eigenvalue weighted by Crippen LogP contribution is 2.16. The molecule has 0 amide bonds. The molecule has 1 aliphatic rings. The van der Waals surface area contributed by atoms with Gasteiger partial charge in [-0.2, -0.15) is 0 Å². The van der Waals surface area contributed by atoms with Crippen LogP contribution in [0, 0.1) is 11.8 Å². The van der Waals surface area contributed by atoms with E-state index in [9.17, 15) is 0 Å². The Morgan fingerprint density at radius 1 is 1.40 bits per heavy atom. The monoisotopic (exact) mass is 214 g/mol. The zero-order valence-electron chi connectivity index (χ0n) is 10.3. The second kappa shape index (κ2) is 6.46. The van der Waals surface area contributed by atoms with Gasteiger partial charge >= 0.3 is 0 Å². The minimum atomic E-state index is 0.413. The van der Waals surface area contributed by atoms with Crippen molar-refractivity contribution in [2.24, 2.45) is 17.6 Å². The molecule has 1 saturated heterocycles. The fraction of sp³-hybridized carbons (Fsp3) is 1.00. The van der Waals surface area contributed by atoms with E-state index >= 15 is 0 Å². The number of ether oxygens (including phenoxy) is 1. The van der Waals surface area contributed by atoms with E-state index in [0.29, 0.717) is 24.0 Å². The van der Waals surface area contributed by atoms with E-state index in [1.807, 2.05) is 0 Å². The van der Waals surface area contributed by atoms with Gasteiger partial charge < -0.3 is 15.8 Å². The average Bonchev–Trinajstić information content (AvgIpc) is 2.70. The Labute approximate surface area is 93.8 Å². The van der Waals surface area contributed by atoms with Gasteiger partial charge in [-0.3, -0.25) is 0 Å². The molecule has 3 N–H and O–H groups in total. The van der Waals surface area contributed by atoms with Crippen LogP contribution in [-0.2, 0) is 4.74 Å². The summed E-state index contributed by atoms with van der Waals surface area (Å²) in [5, 5.41) is 3.55. The Hall–Kier alpha value is -0.120. The Balaban J connectivity index is 2.22. The molecule has 0 aromatic heterocycles. The minimum absolute atomic E-state index is 0.413. The second-order valence-corrected chi connectivity index (χ2v) is 4.99. The summed E-state index contributed by atoms with van der Waals surface area (Å²) in [6.07, 6.45) is 2.82. The van der Waals surface area contributed by atoms with E-state index < -0.39 is 0 Å². The number of nitrogens with one attached hydrogen (secondary N) is 1. The van der Waals surface area contributed by atoms with Crippen LogP contribution in [0.5, 0.6) is 0 Å². The van der Waals surface area contributed by atoms with Crippen LogP contribution in [0.4, 0.5) is 0 Å². The number of hydrogen-bond acceptors (Lipinski definition) is 3. The molecule has 1 aliphatic heterocycles. The summed E-state index contributed by atoms with van der Waals surface area (Å²) in [6, 6.07) is 0.459. The molecule has 3 unspecified atom stereocenters. The van der Waals surface area contributed by atoms with Crippen LogP contribution in [0.3, 0.4) is 0 Å². The van der Waals surface area contributed by atoms with Crippen molar-refractivity contribution in [2.45, 2.75) is 45.8 Å². The van der Waals surface area contributed by atoms with Crippen molar-refractivity contribution in [3.8, 4) is 0 Å². The minimum Gasteiger partial charge on any atom is -0.377 e. The predicted molar refractivity (Wildman–Crippen MR) is 63.8 cm³/mol. The molecule has 1 heterocycles. The van der Waals surface area contributed by atoms with Crippen molar-refractivity contribution in [1.29, 1.82) is 0 Å². The van der Waals surface area contributed by atoms with Gasteiger partial charge in [0.05, 0.1) is 6.10 Å². The maximum atomic E-state index is 5.74. The van der Waals surface area contributed by atoms with E-state index in [-0.39, 0.29) is 0 Å². The van der Waals surface area contributed by atoms with Gasteiger partial charge in [-0.25, -0.2) is 0 Å². The standard InChI is InChI=1S/C12H26N2O/c1-9(2)11(7-13)8-14-10(3)12-5-4-6-15-12/h9-12,14H,4-8,13H2,1-3H3. The SMILES string of the molecule is CC(C)C(CN)CNC(C)C1CCCO1. The largest absolute Gasteiger partial charge is 0.377 e. The molecule has 0 radical (unpaired) electrons. The van der Waals surface area contributed by atoms with Crippen LogP contribution in [0.25, 0.3) is 0 Å². The summed E-state index contributed by atoms with van der Waals surface area (Å²) >= 11 is 0. The third-order valence-corrected chi connectivity index (χ3v) is 3.47. The van der Waals surface area contributed by atoms with Crippen molar-refractivity contribution in [1.82, 2.24) is 5.32 Å². The van der Waals surface area contributed by atoms with Gasteiger partial charge in [0.15, 0.2) is 0 Å². The summed E-state index contributed by atoms with van der Waals surface area (Å²) in [7, 11) is 0. The summed E-state index contributed by atoms with van der Waals surface area (Å²) in [5.74, 6) is 1.23. The summed E-state index contributed by atoms with van der Waals surface area (Å²) in [6.45, 7) is 9.38. The molecule has 1 fully saturated rings. The average molecular weight is 214 g/mol. The molecular formula is C12H26N2O. The summed E-state index contributed by atoms with van der Waals surface area (Å²) < 4.78 is 5.65. The van der Waals surface area contributed by atoms with Crippen molar-refractivity contribution >= 4 is 0 Å². The highest BCUT2D eigenvalue weighted by atomic mass is 16.5. The van der Waals surface area contributed by atoms with Crippen molar-refractivity contribution < 1.29 is 4.74 Å². The van der Waals surface area contributed by atoms with Crippen molar-refractivity contribution in [2.75, 3.05) is 19.7 Å². The van der Waals surface area contributed by atoms with Crippen LogP contribution in [0.2, 0.25) is 0 Å². The molecule has 0 bridgehead atoms. The molecule has 15 heavy (non-hydrogen) atoms. The number of rotatable bonds is 6. The topological polar surface area (TPSA) is 47.3 Å². The van der Waals surface area contributed by atoms with E-state index in [1.54, 1.807) is 0 Å². The smallest absolute Gasteiger partial charge is 0.0726 e. The van der Waals surface area contributed by atoms with Gasteiger partial charge in [-0.05, 0) is 44.7 Å². The first-order valence-corrected chi connectivity index (χ1v) is 6.20. The van der Waals surface area contributed by atoms with Crippen LogP contribution in [-0.4, -0.2) is 31.8 Å². The molecule has 0 aromatic rings. The molecule has 0 spiro atoms. The first-order valence-electron chi connectivity index (χ1n) is 6.20. The van der Waals surface area contributed by atoms with Gasteiger partial charge in [0.2, 0.25) is 0 Å². The molecular weight excluding hydrogens is 188 g/mol. The van der Waals surface area contributed by atoms with Crippen LogP contribution in [0.1, 0.15) is 33.6 Å².